The maximum Gasteiger partial charge on any atom is 0.261 e. The summed E-state index contributed by atoms with van der Waals surface area (Å²) in [7, 11) is 0. The van der Waals surface area contributed by atoms with Crippen molar-refractivity contribution in [2.75, 3.05) is 13.1 Å². The number of carbonyl (C=O) groups excluding carboxylic acids is 1. The number of carbonyl (C=O) groups is 1. The van der Waals surface area contributed by atoms with Gasteiger partial charge in [-0.25, -0.2) is 0 Å². The normalized spacial score (nSPS) is 10.7. The maximum atomic E-state index is 11.9. The number of hydrogen-bond donors (Lipinski definition) is 2. The number of aryl methyl sites for hydroxylation is 1. The molecule has 0 aliphatic carbocycles. The molecule has 0 atom stereocenters. The van der Waals surface area contributed by atoms with Crippen molar-refractivity contribution in [1.29, 1.82) is 0 Å². The Labute approximate surface area is 120 Å². The zero-order valence-electron chi connectivity index (χ0n) is 10.5. The van der Waals surface area contributed by atoms with Crippen molar-refractivity contribution in [2.24, 2.45) is 5.73 Å². The lowest BCUT2D eigenvalue weighted by Gasteiger charge is -2.02. The van der Waals surface area contributed by atoms with E-state index in [4.69, 9.17) is 17.3 Å². The molecule has 2 aromatic heterocycles. The second kappa shape index (κ2) is 6.18. The summed E-state index contributed by atoms with van der Waals surface area (Å²) in [5, 5.41) is 6.93. The molecular formula is C12H15ClN4OS. The van der Waals surface area contributed by atoms with E-state index in [9.17, 15) is 4.79 Å². The standard InChI is InChI=1S/C12H15ClN4OS/c1-2-17-9(3-5-16-17)8-7-10(19-11(8)13)12(18)15-6-4-14/h3,5,7H,2,4,6,14H2,1H3,(H,15,18). The number of aromatic nitrogens is 2. The van der Waals surface area contributed by atoms with E-state index in [1.807, 2.05) is 17.7 Å². The van der Waals surface area contributed by atoms with Crippen molar-refractivity contribution >= 4 is 28.8 Å². The van der Waals surface area contributed by atoms with Crippen LogP contribution in [0.4, 0.5) is 0 Å². The molecule has 0 aliphatic rings. The Morgan fingerprint density at radius 3 is 3.11 bits per heavy atom. The molecule has 102 valence electrons. The fourth-order valence-electron chi connectivity index (χ4n) is 1.74. The van der Waals surface area contributed by atoms with Crippen molar-refractivity contribution < 1.29 is 4.79 Å². The first kappa shape index (κ1) is 14.0. The average molecular weight is 299 g/mol. The van der Waals surface area contributed by atoms with Crippen LogP contribution in [-0.4, -0.2) is 28.8 Å². The summed E-state index contributed by atoms with van der Waals surface area (Å²) in [6, 6.07) is 3.68. The molecule has 0 bridgehead atoms. The van der Waals surface area contributed by atoms with E-state index in [1.54, 1.807) is 12.3 Å². The van der Waals surface area contributed by atoms with Crippen LogP contribution < -0.4 is 11.1 Å². The van der Waals surface area contributed by atoms with E-state index in [-0.39, 0.29) is 5.91 Å². The van der Waals surface area contributed by atoms with Gasteiger partial charge in [-0.3, -0.25) is 9.48 Å². The number of hydrogen-bond acceptors (Lipinski definition) is 4. The highest BCUT2D eigenvalue weighted by Gasteiger charge is 2.16. The average Bonchev–Trinajstić information content (AvgIpc) is 3.01. The number of nitrogens with two attached hydrogens (primary N) is 1. The van der Waals surface area contributed by atoms with Crippen LogP contribution in [0.25, 0.3) is 11.3 Å². The second-order valence-electron chi connectivity index (χ2n) is 3.87. The lowest BCUT2D eigenvalue weighted by atomic mass is 10.2. The summed E-state index contributed by atoms with van der Waals surface area (Å²) in [6.45, 7) is 3.63. The Balaban J connectivity index is 2.29. The molecule has 1 amide bonds. The van der Waals surface area contributed by atoms with Gasteiger partial charge in [-0.05, 0) is 19.1 Å². The summed E-state index contributed by atoms with van der Waals surface area (Å²) in [4.78, 5) is 12.4. The highest BCUT2D eigenvalue weighted by Crippen LogP contribution is 2.35. The molecule has 5 nitrogen and oxygen atoms in total. The first-order valence-corrected chi connectivity index (χ1v) is 7.16. The van der Waals surface area contributed by atoms with Crippen molar-refractivity contribution in [1.82, 2.24) is 15.1 Å². The summed E-state index contributed by atoms with van der Waals surface area (Å²) in [5.41, 5.74) is 7.11. The van der Waals surface area contributed by atoms with Gasteiger partial charge >= 0.3 is 0 Å². The van der Waals surface area contributed by atoms with Gasteiger partial charge in [-0.2, -0.15) is 5.10 Å². The monoisotopic (exact) mass is 298 g/mol. The van der Waals surface area contributed by atoms with Crippen LogP contribution in [0.2, 0.25) is 4.34 Å². The lowest BCUT2D eigenvalue weighted by molar-refractivity contribution is 0.0959. The highest BCUT2D eigenvalue weighted by molar-refractivity contribution is 7.18. The van der Waals surface area contributed by atoms with Crippen LogP contribution in [0, 0.1) is 0 Å². The predicted octanol–water partition coefficient (Wildman–Crippen LogP) is 1.97. The third-order valence-corrected chi connectivity index (χ3v) is 3.99. The molecule has 0 saturated carbocycles. The number of thiophene rings is 1. The van der Waals surface area contributed by atoms with Gasteiger partial charge in [-0.1, -0.05) is 11.6 Å². The Kier molecular flexibility index (Phi) is 4.57. The van der Waals surface area contributed by atoms with E-state index in [0.29, 0.717) is 22.3 Å². The minimum absolute atomic E-state index is 0.147. The largest absolute Gasteiger partial charge is 0.350 e. The van der Waals surface area contributed by atoms with Crippen molar-refractivity contribution in [3.8, 4) is 11.3 Å². The van der Waals surface area contributed by atoms with Crippen LogP contribution in [0.15, 0.2) is 18.3 Å². The lowest BCUT2D eigenvalue weighted by Crippen LogP contribution is -2.28. The topological polar surface area (TPSA) is 72.9 Å². The SMILES string of the molecule is CCn1nccc1-c1cc(C(=O)NCCN)sc1Cl. The Hall–Kier alpha value is -1.37. The summed E-state index contributed by atoms with van der Waals surface area (Å²) < 4.78 is 2.43. The molecule has 2 aromatic rings. The summed E-state index contributed by atoms with van der Waals surface area (Å²) >= 11 is 7.48. The molecular weight excluding hydrogens is 284 g/mol. The smallest absolute Gasteiger partial charge is 0.261 e. The molecule has 0 aromatic carbocycles. The van der Waals surface area contributed by atoms with Crippen LogP contribution >= 0.6 is 22.9 Å². The summed E-state index contributed by atoms with van der Waals surface area (Å²) in [5.74, 6) is -0.147. The van der Waals surface area contributed by atoms with E-state index in [0.717, 1.165) is 17.8 Å². The molecule has 2 heterocycles. The number of nitrogens with zero attached hydrogens (tertiary/aromatic N) is 2. The first-order valence-electron chi connectivity index (χ1n) is 5.97. The minimum Gasteiger partial charge on any atom is -0.350 e. The fraction of sp³-hybridized carbons (Fsp3) is 0.333. The number of halogens is 1. The Morgan fingerprint density at radius 2 is 2.42 bits per heavy atom. The molecule has 3 N–H and O–H groups in total. The minimum atomic E-state index is -0.147. The molecule has 2 rings (SSSR count). The van der Waals surface area contributed by atoms with Crippen LogP contribution in [0.3, 0.4) is 0 Å². The zero-order valence-corrected chi connectivity index (χ0v) is 12.1. The number of nitrogens with one attached hydrogen (secondary N) is 1. The quantitative estimate of drug-likeness (QED) is 0.886. The third kappa shape index (κ3) is 2.97. The van der Waals surface area contributed by atoms with Gasteiger partial charge in [0, 0.05) is 31.4 Å². The van der Waals surface area contributed by atoms with Crippen molar-refractivity contribution in [3.63, 3.8) is 0 Å². The Morgan fingerprint density at radius 1 is 1.63 bits per heavy atom. The first-order chi connectivity index (χ1) is 9.17. The Bertz CT molecular complexity index is 578. The third-order valence-electron chi connectivity index (χ3n) is 2.63. The van der Waals surface area contributed by atoms with Crippen molar-refractivity contribution in [3.05, 3.63) is 27.5 Å². The molecule has 0 aliphatic heterocycles. The van der Waals surface area contributed by atoms with E-state index in [1.165, 1.54) is 11.3 Å². The van der Waals surface area contributed by atoms with Gasteiger partial charge in [0.2, 0.25) is 0 Å². The molecule has 0 fully saturated rings. The van der Waals surface area contributed by atoms with Crippen LogP contribution in [0.1, 0.15) is 16.6 Å². The second-order valence-corrected chi connectivity index (χ2v) is 5.53. The van der Waals surface area contributed by atoms with Crippen LogP contribution in [0.5, 0.6) is 0 Å². The van der Waals surface area contributed by atoms with Gasteiger partial charge in [0.1, 0.15) is 4.34 Å². The van der Waals surface area contributed by atoms with Gasteiger partial charge in [0.05, 0.1) is 10.6 Å². The number of amides is 1. The molecule has 0 radical (unpaired) electrons. The molecule has 0 saturated heterocycles. The number of rotatable bonds is 5. The highest BCUT2D eigenvalue weighted by atomic mass is 35.5. The molecule has 0 unspecified atom stereocenters. The molecule has 7 heteroatoms. The van der Waals surface area contributed by atoms with Gasteiger partial charge in [0.15, 0.2) is 0 Å². The predicted molar refractivity (Wildman–Crippen MR) is 77.6 cm³/mol. The summed E-state index contributed by atoms with van der Waals surface area (Å²) in [6.07, 6.45) is 1.72. The zero-order chi connectivity index (χ0) is 13.8. The van der Waals surface area contributed by atoms with E-state index < -0.39 is 0 Å². The van der Waals surface area contributed by atoms with E-state index >= 15 is 0 Å². The maximum absolute atomic E-state index is 11.9. The van der Waals surface area contributed by atoms with E-state index in [2.05, 4.69) is 10.4 Å². The van der Waals surface area contributed by atoms with Crippen LogP contribution in [-0.2, 0) is 6.54 Å². The van der Waals surface area contributed by atoms with Gasteiger partial charge in [0.25, 0.3) is 5.91 Å². The van der Waals surface area contributed by atoms with Gasteiger partial charge in [-0.15, -0.1) is 11.3 Å². The molecule has 19 heavy (non-hydrogen) atoms. The molecule has 0 spiro atoms. The van der Waals surface area contributed by atoms with Crippen molar-refractivity contribution in [2.45, 2.75) is 13.5 Å². The van der Waals surface area contributed by atoms with Gasteiger partial charge < -0.3 is 11.1 Å². The fourth-order valence-corrected chi connectivity index (χ4v) is 2.95.